The van der Waals surface area contributed by atoms with E-state index in [9.17, 15) is 9.59 Å². The molecule has 18 heavy (non-hydrogen) atoms. The first kappa shape index (κ1) is 12.0. The summed E-state index contributed by atoms with van der Waals surface area (Å²) < 4.78 is 1.29. The minimum absolute atomic E-state index is 0.210. The van der Waals surface area contributed by atoms with E-state index in [1.54, 1.807) is 0 Å². The quantitative estimate of drug-likeness (QED) is 0.560. The first-order chi connectivity index (χ1) is 8.60. The lowest BCUT2D eigenvalue weighted by atomic mass is 10.5. The van der Waals surface area contributed by atoms with E-state index in [2.05, 4.69) is 20.1 Å². The first-order valence-corrected chi connectivity index (χ1v) is 5.50. The van der Waals surface area contributed by atoms with E-state index in [0.29, 0.717) is 0 Å². The Morgan fingerprint density at radius 1 is 1.44 bits per heavy atom. The molecule has 0 atom stereocenters. The Balaban J connectivity index is 2.40. The van der Waals surface area contributed by atoms with Crippen molar-refractivity contribution in [1.82, 2.24) is 24.7 Å². The molecule has 9 heteroatoms. The van der Waals surface area contributed by atoms with Gasteiger partial charge in [-0.2, -0.15) is 10.2 Å². The summed E-state index contributed by atoms with van der Waals surface area (Å²) in [5, 5.41) is 11.5. The maximum absolute atomic E-state index is 11.1. The van der Waals surface area contributed by atoms with E-state index in [4.69, 9.17) is 5.26 Å². The average molecular weight is 262 g/mol. The number of nitriles is 1. The molecular weight excluding hydrogens is 256 g/mol. The van der Waals surface area contributed by atoms with Gasteiger partial charge in [0.25, 0.3) is 0 Å². The van der Waals surface area contributed by atoms with Crippen molar-refractivity contribution in [2.75, 3.05) is 0 Å². The van der Waals surface area contributed by atoms with Crippen LogP contribution in [-0.4, -0.2) is 24.7 Å². The number of aromatic nitrogens is 5. The summed E-state index contributed by atoms with van der Waals surface area (Å²) >= 11 is 0.975. The van der Waals surface area contributed by atoms with Crippen LogP contribution < -0.4 is 11.1 Å². The van der Waals surface area contributed by atoms with Crippen molar-refractivity contribution < 1.29 is 0 Å². The second-order valence-electron chi connectivity index (χ2n) is 3.14. The van der Waals surface area contributed by atoms with Gasteiger partial charge in [-0.15, -0.1) is 0 Å². The van der Waals surface area contributed by atoms with Crippen LogP contribution in [0.15, 0.2) is 32.2 Å². The Hall–Kier alpha value is -2.47. The first-order valence-electron chi connectivity index (χ1n) is 4.68. The number of aryl methyl sites for hydroxylation is 1. The molecule has 0 amide bonds. The van der Waals surface area contributed by atoms with Gasteiger partial charge in [-0.05, 0) is 17.8 Å². The van der Waals surface area contributed by atoms with E-state index in [-0.39, 0.29) is 16.0 Å². The Kier molecular flexibility index (Phi) is 3.20. The zero-order valence-electron chi connectivity index (χ0n) is 9.12. The van der Waals surface area contributed by atoms with Gasteiger partial charge in [0.05, 0.1) is 0 Å². The van der Waals surface area contributed by atoms with Gasteiger partial charge in [0.2, 0.25) is 0 Å². The lowest BCUT2D eigenvalue weighted by molar-refractivity contribution is 0.595. The predicted molar refractivity (Wildman–Crippen MR) is 61.0 cm³/mol. The molecule has 2 aromatic rings. The molecule has 0 bridgehead atoms. The van der Waals surface area contributed by atoms with Crippen LogP contribution >= 0.6 is 11.8 Å². The van der Waals surface area contributed by atoms with Gasteiger partial charge in [-0.3, -0.25) is 19.4 Å². The third-order valence-corrected chi connectivity index (χ3v) is 2.81. The van der Waals surface area contributed by atoms with Crippen molar-refractivity contribution in [3.63, 3.8) is 0 Å². The van der Waals surface area contributed by atoms with E-state index in [1.165, 1.54) is 24.0 Å². The van der Waals surface area contributed by atoms with Gasteiger partial charge in [0.1, 0.15) is 11.8 Å². The van der Waals surface area contributed by atoms with Crippen LogP contribution in [0.3, 0.4) is 0 Å². The molecule has 0 aromatic carbocycles. The average Bonchev–Trinajstić information content (AvgIpc) is 2.36. The number of hydrogen-bond donors (Lipinski definition) is 1. The smallest absolute Gasteiger partial charge is 0.265 e. The molecule has 8 nitrogen and oxygen atoms in total. The molecule has 0 aliphatic heterocycles. The molecule has 0 aliphatic carbocycles. The van der Waals surface area contributed by atoms with Gasteiger partial charge in [0.15, 0.2) is 10.3 Å². The predicted octanol–water partition coefficient (Wildman–Crippen LogP) is -0.719. The third kappa shape index (κ3) is 2.44. The molecule has 2 aromatic heterocycles. The van der Waals surface area contributed by atoms with Crippen molar-refractivity contribution in [3.05, 3.63) is 38.7 Å². The van der Waals surface area contributed by atoms with Crippen molar-refractivity contribution in [2.24, 2.45) is 7.05 Å². The van der Waals surface area contributed by atoms with Gasteiger partial charge in [-0.25, -0.2) is 9.97 Å². The number of H-pyrrole nitrogens is 1. The molecule has 0 fully saturated rings. The van der Waals surface area contributed by atoms with Crippen molar-refractivity contribution >= 4 is 11.8 Å². The zero-order chi connectivity index (χ0) is 13.1. The SMILES string of the molecule is Cn1[nH]c(=O)c(=O)nc1Sc1nccc(C#N)n1. The van der Waals surface area contributed by atoms with Crippen molar-refractivity contribution in [3.8, 4) is 6.07 Å². The molecule has 0 aliphatic rings. The molecule has 0 radical (unpaired) electrons. The molecule has 2 heterocycles. The van der Waals surface area contributed by atoms with Crippen LogP contribution in [0.2, 0.25) is 0 Å². The van der Waals surface area contributed by atoms with E-state index < -0.39 is 11.1 Å². The standard InChI is InChI=1S/C9H6N6O2S/c1-15-9(13-6(16)7(17)14-15)18-8-11-3-2-5(4-10)12-8/h2-3H,1H3,(H,14,17). The van der Waals surface area contributed by atoms with Gasteiger partial charge in [0, 0.05) is 13.2 Å². The highest BCUT2D eigenvalue weighted by atomic mass is 32.2. The van der Waals surface area contributed by atoms with E-state index in [1.807, 2.05) is 6.07 Å². The monoisotopic (exact) mass is 262 g/mol. The van der Waals surface area contributed by atoms with Gasteiger partial charge in [-0.1, -0.05) is 0 Å². The summed E-state index contributed by atoms with van der Waals surface area (Å²) in [5.74, 6) is 0. The second kappa shape index (κ2) is 4.80. The maximum Gasteiger partial charge on any atom is 0.339 e. The molecule has 2 rings (SSSR count). The summed E-state index contributed by atoms with van der Waals surface area (Å²) in [4.78, 5) is 33.6. The summed E-state index contributed by atoms with van der Waals surface area (Å²) in [6.07, 6.45) is 1.43. The fourth-order valence-corrected chi connectivity index (χ4v) is 1.82. The molecule has 90 valence electrons. The zero-order valence-corrected chi connectivity index (χ0v) is 9.93. The lowest BCUT2D eigenvalue weighted by Crippen LogP contribution is -2.33. The Labute approximate surface area is 104 Å². The fraction of sp³-hybridized carbons (Fsp3) is 0.111. The highest BCUT2D eigenvalue weighted by Gasteiger charge is 2.08. The maximum atomic E-state index is 11.1. The lowest BCUT2D eigenvalue weighted by Gasteiger charge is -2.04. The Morgan fingerprint density at radius 3 is 2.94 bits per heavy atom. The van der Waals surface area contributed by atoms with Crippen LogP contribution in [0.1, 0.15) is 5.69 Å². The van der Waals surface area contributed by atoms with Crippen LogP contribution in [0, 0.1) is 11.3 Å². The molecule has 0 unspecified atom stereocenters. The largest absolute Gasteiger partial charge is 0.339 e. The van der Waals surface area contributed by atoms with Gasteiger partial charge >= 0.3 is 11.1 Å². The topological polar surface area (TPSA) is 117 Å². The van der Waals surface area contributed by atoms with Gasteiger partial charge < -0.3 is 0 Å². The van der Waals surface area contributed by atoms with Crippen LogP contribution in [-0.2, 0) is 7.05 Å². The highest BCUT2D eigenvalue weighted by molar-refractivity contribution is 7.99. The molecule has 0 spiro atoms. The van der Waals surface area contributed by atoms with Crippen LogP contribution in [0.5, 0.6) is 0 Å². The fourth-order valence-electron chi connectivity index (χ4n) is 1.09. The van der Waals surface area contributed by atoms with Crippen molar-refractivity contribution in [1.29, 1.82) is 5.26 Å². The summed E-state index contributed by atoms with van der Waals surface area (Å²) in [7, 11) is 1.53. The van der Waals surface area contributed by atoms with Crippen molar-refractivity contribution in [2.45, 2.75) is 10.3 Å². The van der Waals surface area contributed by atoms with E-state index in [0.717, 1.165) is 11.8 Å². The minimum atomic E-state index is -0.882. The highest BCUT2D eigenvalue weighted by Crippen LogP contribution is 2.19. The molecule has 0 saturated heterocycles. The number of rotatable bonds is 2. The van der Waals surface area contributed by atoms with E-state index >= 15 is 0 Å². The number of hydrogen-bond acceptors (Lipinski definition) is 7. The molecule has 0 saturated carbocycles. The summed E-state index contributed by atoms with van der Waals surface area (Å²) in [6, 6.07) is 3.34. The molecular formula is C9H6N6O2S. The number of nitrogens with one attached hydrogen (secondary N) is 1. The second-order valence-corrected chi connectivity index (χ2v) is 4.07. The minimum Gasteiger partial charge on any atom is -0.265 e. The normalized spacial score (nSPS) is 10.0. The molecule has 1 N–H and O–H groups in total. The Bertz CT molecular complexity index is 744. The number of aromatic amines is 1. The van der Waals surface area contributed by atoms with Crippen LogP contribution in [0.4, 0.5) is 0 Å². The Morgan fingerprint density at radius 2 is 2.22 bits per heavy atom. The third-order valence-electron chi connectivity index (χ3n) is 1.88. The summed E-state index contributed by atoms with van der Waals surface area (Å²) in [6.45, 7) is 0. The number of nitrogens with zero attached hydrogens (tertiary/aromatic N) is 5. The van der Waals surface area contributed by atoms with Crippen LogP contribution in [0.25, 0.3) is 0 Å². The summed E-state index contributed by atoms with van der Waals surface area (Å²) in [5.41, 5.74) is -1.47.